The summed E-state index contributed by atoms with van der Waals surface area (Å²) in [5.74, 6) is -1.01. The number of rotatable bonds is 8. The highest BCUT2D eigenvalue weighted by Gasteiger charge is 2.62. The van der Waals surface area contributed by atoms with Crippen molar-refractivity contribution in [1.29, 1.82) is 0 Å². The molecule has 0 spiro atoms. The van der Waals surface area contributed by atoms with Crippen LogP contribution in [0.3, 0.4) is 0 Å². The van der Waals surface area contributed by atoms with E-state index in [1.54, 1.807) is 30.4 Å². The van der Waals surface area contributed by atoms with Crippen LogP contribution in [0.5, 0.6) is 11.5 Å². The summed E-state index contributed by atoms with van der Waals surface area (Å²) in [6.45, 7) is 2.57. The summed E-state index contributed by atoms with van der Waals surface area (Å²) >= 11 is 1.68. The van der Waals surface area contributed by atoms with E-state index < -0.39 is 50.6 Å². The zero-order valence-corrected chi connectivity index (χ0v) is 33.7. The second-order valence-corrected chi connectivity index (χ2v) is 19.5. The number of thiazole rings is 1. The van der Waals surface area contributed by atoms with Crippen LogP contribution in [0.1, 0.15) is 113 Å². The van der Waals surface area contributed by atoms with Crippen LogP contribution in [-0.2, 0) is 24.4 Å². The standard InChI is InChI=1S/C41H53N5O7S2/c1-24-34(52-3)17-16-29-35(21-32(42-36(24)29)33-23-54-38(43-33)25-11-7-6-8-12-25)53-27-19-30-31(20-27)39(48)46(2)18-10-5-4-9-13-26-22-41(26,44-37(30)47)40(49)45-55(50,51)28-14-15-28/h16-17,21,23,25-28,30-31H,4-15,18-20,22H2,1-3H3,(H,44,47)(H,45,49)/t26-,27-,30-,31-,41-/m1/s1. The Balaban J connectivity index is 1.10. The molecule has 2 N–H and O–H groups in total. The largest absolute Gasteiger partial charge is 0.496 e. The number of ether oxygens (including phenoxy) is 2. The number of hydrogen-bond acceptors (Lipinski definition) is 10. The first kappa shape index (κ1) is 38.1. The Morgan fingerprint density at radius 1 is 0.945 bits per heavy atom. The lowest BCUT2D eigenvalue weighted by Crippen LogP contribution is -2.54. The summed E-state index contributed by atoms with van der Waals surface area (Å²) in [5.41, 5.74) is 1.78. The minimum Gasteiger partial charge on any atom is -0.496 e. The number of pyridine rings is 1. The first-order chi connectivity index (χ1) is 26.5. The van der Waals surface area contributed by atoms with E-state index >= 15 is 0 Å². The predicted molar refractivity (Wildman–Crippen MR) is 210 cm³/mol. The molecule has 1 saturated heterocycles. The molecule has 5 atom stereocenters. The van der Waals surface area contributed by atoms with E-state index in [9.17, 15) is 22.8 Å². The highest BCUT2D eigenvalue weighted by atomic mass is 32.2. The zero-order valence-electron chi connectivity index (χ0n) is 32.1. The topological polar surface area (TPSA) is 157 Å². The minimum absolute atomic E-state index is 0.121. The highest BCUT2D eigenvalue weighted by molar-refractivity contribution is 7.91. The van der Waals surface area contributed by atoms with Crippen molar-refractivity contribution in [3.8, 4) is 22.9 Å². The summed E-state index contributed by atoms with van der Waals surface area (Å²) in [7, 11) is -0.376. The Morgan fingerprint density at radius 3 is 2.44 bits per heavy atom. The molecule has 3 heterocycles. The lowest BCUT2D eigenvalue weighted by Gasteiger charge is -2.27. The number of fused-ring (bicyclic) bond motifs is 3. The van der Waals surface area contributed by atoms with Crippen LogP contribution in [0.4, 0.5) is 0 Å². The molecule has 0 unspecified atom stereocenters. The van der Waals surface area contributed by atoms with Crippen LogP contribution in [0.25, 0.3) is 22.3 Å². The van der Waals surface area contributed by atoms with Gasteiger partial charge in [0.1, 0.15) is 23.1 Å². The molecule has 8 rings (SSSR count). The van der Waals surface area contributed by atoms with Crippen molar-refractivity contribution in [2.45, 2.75) is 126 Å². The van der Waals surface area contributed by atoms with Gasteiger partial charge in [-0.3, -0.25) is 19.1 Å². The summed E-state index contributed by atoms with van der Waals surface area (Å²) in [4.78, 5) is 54.1. The third-order valence-electron chi connectivity index (χ3n) is 12.8. The van der Waals surface area contributed by atoms with Gasteiger partial charge in [0.2, 0.25) is 21.8 Å². The van der Waals surface area contributed by atoms with Crippen molar-refractivity contribution >= 4 is 50.0 Å². The lowest BCUT2D eigenvalue weighted by molar-refractivity contribution is -0.140. The summed E-state index contributed by atoms with van der Waals surface area (Å²) < 4.78 is 40.5. The molecule has 1 aromatic carbocycles. The Labute approximate surface area is 327 Å². The quantitative estimate of drug-likeness (QED) is 0.264. The normalized spacial score (nSPS) is 28.2. The van der Waals surface area contributed by atoms with Crippen molar-refractivity contribution in [1.82, 2.24) is 24.9 Å². The molecule has 5 aliphatic rings. The van der Waals surface area contributed by atoms with Crippen molar-refractivity contribution in [3.63, 3.8) is 0 Å². The molecule has 12 nitrogen and oxygen atoms in total. The second-order valence-electron chi connectivity index (χ2n) is 16.6. The first-order valence-corrected chi connectivity index (χ1v) is 22.6. The van der Waals surface area contributed by atoms with Gasteiger partial charge >= 0.3 is 0 Å². The molecule has 1 aliphatic heterocycles. The van der Waals surface area contributed by atoms with Crippen LogP contribution >= 0.6 is 11.3 Å². The summed E-state index contributed by atoms with van der Waals surface area (Å²) in [6.07, 6.45) is 11.8. The van der Waals surface area contributed by atoms with Crippen LogP contribution in [0.15, 0.2) is 23.6 Å². The van der Waals surface area contributed by atoms with Crippen molar-refractivity contribution in [3.05, 3.63) is 34.2 Å². The fraction of sp³-hybridized carbons (Fsp3) is 0.634. The Kier molecular flexibility index (Phi) is 10.6. The van der Waals surface area contributed by atoms with Gasteiger partial charge in [-0.1, -0.05) is 38.5 Å². The van der Waals surface area contributed by atoms with Gasteiger partial charge in [0.25, 0.3) is 5.91 Å². The molecule has 55 heavy (non-hydrogen) atoms. The maximum Gasteiger partial charge on any atom is 0.259 e. The molecule has 5 fully saturated rings. The van der Waals surface area contributed by atoms with Crippen LogP contribution in [0, 0.1) is 24.7 Å². The third kappa shape index (κ3) is 7.69. The molecular formula is C41H53N5O7S2. The smallest absolute Gasteiger partial charge is 0.259 e. The fourth-order valence-corrected chi connectivity index (χ4v) is 11.6. The Hall–Kier alpha value is -3.78. The summed E-state index contributed by atoms with van der Waals surface area (Å²) in [6, 6.07) is 5.76. The monoisotopic (exact) mass is 791 g/mol. The average molecular weight is 792 g/mol. The SMILES string of the molecule is COc1ccc2c(O[C@@H]3C[C@H]4C(=O)N[C@]5(C(=O)NS(=O)(=O)C6CC6)C[C@H]5CCCCCCN(C)C(=O)[C@@H]4C3)cc(-c3csc(C4CCCCC4)n3)nc2c1C. The van der Waals surface area contributed by atoms with E-state index in [4.69, 9.17) is 19.4 Å². The number of aryl methyl sites for hydroxylation is 1. The van der Waals surface area contributed by atoms with Gasteiger partial charge in [0.05, 0.1) is 46.1 Å². The maximum absolute atomic E-state index is 14.4. The molecule has 4 aliphatic carbocycles. The van der Waals surface area contributed by atoms with E-state index in [2.05, 4.69) is 15.4 Å². The molecule has 0 radical (unpaired) electrons. The van der Waals surface area contributed by atoms with Crippen LogP contribution in [0.2, 0.25) is 0 Å². The number of aromatic nitrogens is 2. The molecular weight excluding hydrogens is 739 g/mol. The summed E-state index contributed by atoms with van der Waals surface area (Å²) in [5, 5.41) is 6.48. The molecule has 296 valence electrons. The van der Waals surface area contributed by atoms with Crippen molar-refractivity contribution in [2.75, 3.05) is 20.7 Å². The lowest BCUT2D eigenvalue weighted by atomic mass is 9.90. The van der Waals surface area contributed by atoms with Gasteiger partial charge in [-0.2, -0.15) is 0 Å². The predicted octanol–water partition coefficient (Wildman–Crippen LogP) is 6.40. The number of amides is 3. The Bertz CT molecular complexity index is 2080. The number of carbonyl (C=O) groups is 3. The molecule has 4 saturated carbocycles. The molecule has 2 aromatic heterocycles. The first-order valence-electron chi connectivity index (χ1n) is 20.2. The molecule has 3 amide bonds. The van der Waals surface area contributed by atoms with Crippen molar-refractivity contribution < 1.29 is 32.3 Å². The minimum atomic E-state index is -3.80. The molecule has 14 heteroatoms. The van der Waals surface area contributed by atoms with Gasteiger partial charge in [0.15, 0.2) is 0 Å². The van der Waals surface area contributed by atoms with E-state index in [-0.39, 0.29) is 18.2 Å². The fourth-order valence-electron chi connectivity index (χ4n) is 9.25. The number of carbonyl (C=O) groups excluding carboxylic acids is 3. The van der Waals surface area contributed by atoms with Gasteiger partial charge in [-0.05, 0) is 82.8 Å². The third-order valence-corrected chi connectivity index (χ3v) is 15.6. The van der Waals surface area contributed by atoms with E-state index in [0.717, 1.165) is 65.7 Å². The Morgan fingerprint density at radius 2 is 1.67 bits per heavy atom. The number of nitrogens with one attached hydrogen (secondary N) is 2. The molecule has 3 aromatic rings. The number of nitrogens with zero attached hydrogens (tertiary/aromatic N) is 3. The van der Waals surface area contributed by atoms with E-state index in [1.807, 2.05) is 25.1 Å². The van der Waals surface area contributed by atoms with Crippen molar-refractivity contribution in [2.24, 2.45) is 17.8 Å². The van der Waals surface area contributed by atoms with Gasteiger partial charge < -0.3 is 19.7 Å². The van der Waals surface area contributed by atoms with Gasteiger partial charge in [-0.25, -0.2) is 18.4 Å². The van der Waals surface area contributed by atoms with E-state index in [1.165, 1.54) is 19.3 Å². The second kappa shape index (κ2) is 15.3. The number of sulfonamides is 1. The number of methoxy groups -OCH3 is 1. The van der Waals surface area contributed by atoms with E-state index in [0.29, 0.717) is 61.8 Å². The zero-order chi connectivity index (χ0) is 38.5. The maximum atomic E-state index is 14.4. The van der Waals surface area contributed by atoms with Crippen LogP contribution < -0.4 is 19.5 Å². The number of benzene rings is 1. The number of hydrogen-bond donors (Lipinski definition) is 2. The van der Waals surface area contributed by atoms with Gasteiger partial charge in [0, 0.05) is 41.9 Å². The highest BCUT2D eigenvalue weighted by Crippen LogP contribution is 2.49. The average Bonchev–Trinajstić information content (AvgIpc) is 4.06. The van der Waals surface area contributed by atoms with Crippen LogP contribution in [-0.4, -0.2) is 78.6 Å². The van der Waals surface area contributed by atoms with Gasteiger partial charge in [-0.15, -0.1) is 11.3 Å². The molecule has 0 bridgehead atoms.